The summed E-state index contributed by atoms with van der Waals surface area (Å²) in [5.74, 6) is -0.302. The number of ether oxygens (including phenoxy) is 1. The van der Waals surface area contributed by atoms with E-state index in [0.717, 1.165) is 39.3 Å². The smallest absolute Gasteiger partial charge is 0.303 e. The minimum Gasteiger partial charge on any atom is -0.481 e. The summed E-state index contributed by atoms with van der Waals surface area (Å²) in [4.78, 5) is 12.7. The maximum absolute atomic E-state index is 10.4. The number of carbonyl (C=O) groups is 1. The molecule has 4 heteroatoms. The first-order valence-corrected chi connectivity index (χ1v) is 5.24. The van der Waals surface area contributed by atoms with Gasteiger partial charge in [-0.3, -0.25) is 4.79 Å². The maximum Gasteiger partial charge on any atom is 0.303 e. The van der Waals surface area contributed by atoms with Gasteiger partial charge in [-0.1, -0.05) is 0 Å². The van der Waals surface area contributed by atoms with Crippen molar-refractivity contribution in [2.24, 2.45) is 5.92 Å². The molecule has 0 aromatic rings. The van der Waals surface area contributed by atoms with Crippen LogP contribution in [0.1, 0.15) is 19.8 Å². The third-order valence-corrected chi connectivity index (χ3v) is 2.46. The van der Waals surface area contributed by atoms with Crippen LogP contribution >= 0.6 is 0 Å². The average molecular weight is 201 g/mol. The summed E-state index contributed by atoms with van der Waals surface area (Å²) >= 11 is 0. The van der Waals surface area contributed by atoms with Crippen molar-refractivity contribution in [3.05, 3.63) is 0 Å². The Morgan fingerprint density at radius 3 is 2.86 bits per heavy atom. The molecule has 0 radical (unpaired) electrons. The van der Waals surface area contributed by atoms with Gasteiger partial charge in [-0.2, -0.15) is 0 Å². The second-order valence-corrected chi connectivity index (χ2v) is 3.77. The van der Waals surface area contributed by atoms with Crippen molar-refractivity contribution in [1.29, 1.82) is 0 Å². The van der Waals surface area contributed by atoms with E-state index in [4.69, 9.17) is 9.84 Å². The molecule has 1 fully saturated rings. The third-order valence-electron chi connectivity index (χ3n) is 2.46. The summed E-state index contributed by atoms with van der Waals surface area (Å²) in [6.45, 7) is 6.51. The van der Waals surface area contributed by atoms with Gasteiger partial charge in [-0.25, -0.2) is 0 Å². The van der Waals surface area contributed by atoms with Gasteiger partial charge in [-0.15, -0.1) is 0 Å². The minimum absolute atomic E-state index is 0.321. The first kappa shape index (κ1) is 11.5. The van der Waals surface area contributed by atoms with Crippen LogP contribution in [-0.4, -0.2) is 48.8 Å². The van der Waals surface area contributed by atoms with Crippen molar-refractivity contribution in [3.8, 4) is 0 Å². The minimum atomic E-state index is -0.677. The summed E-state index contributed by atoms with van der Waals surface area (Å²) in [6.07, 6.45) is 1.37. The molecule has 0 aromatic carbocycles. The molecule has 0 aromatic heterocycles. The van der Waals surface area contributed by atoms with E-state index in [0.29, 0.717) is 12.3 Å². The normalized spacial score (nSPS) is 18.1. The zero-order chi connectivity index (χ0) is 10.4. The van der Waals surface area contributed by atoms with Crippen LogP contribution in [0.15, 0.2) is 0 Å². The van der Waals surface area contributed by atoms with E-state index in [2.05, 4.69) is 4.90 Å². The molecule has 4 nitrogen and oxygen atoms in total. The third kappa shape index (κ3) is 4.07. The molecule has 82 valence electrons. The first-order valence-electron chi connectivity index (χ1n) is 5.24. The summed E-state index contributed by atoms with van der Waals surface area (Å²) in [7, 11) is 0. The summed E-state index contributed by atoms with van der Waals surface area (Å²) in [5.41, 5.74) is 0. The second kappa shape index (κ2) is 5.98. The largest absolute Gasteiger partial charge is 0.481 e. The maximum atomic E-state index is 10.4. The second-order valence-electron chi connectivity index (χ2n) is 3.77. The van der Waals surface area contributed by atoms with E-state index in [-0.39, 0.29) is 0 Å². The highest BCUT2D eigenvalue weighted by atomic mass is 16.5. The van der Waals surface area contributed by atoms with E-state index >= 15 is 0 Å². The molecule has 1 N–H and O–H groups in total. The zero-order valence-corrected chi connectivity index (χ0v) is 8.74. The van der Waals surface area contributed by atoms with Crippen molar-refractivity contribution < 1.29 is 14.6 Å². The number of hydrogen-bond acceptors (Lipinski definition) is 3. The molecule has 1 saturated heterocycles. The fraction of sp³-hybridized carbons (Fsp3) is 0.900. The number of carboxylic acid groups (broad SMARTS) is 1. The standard InChI is InChI=1S/C10H19NO3/c1-2-14-5-3-4-11-7-9(8-11)6-10(12)13/h9H,2-8H2,1H3,(H,12,13). The van der Waals surface area contributed by atoms with Gasteiger partial charge in [0.25, 0.3) is 0 Å². The molecule has 0 bridgehead atoms. The molecular weight excluding hydrogens is 182 g/mol. The lowest BCUT2D eigenvalue weighted by Crippen LogP contribution is -2.47. The molecule has 0 amide bonds. The molecule has 0 aliphatic carbocycles. The lowest BCUT2D eigenvalue weighted by molar-refractivity contribution is -0.139. The Morgan fingerprint density at radius 2 is 2.29 bits per heavy atom. The van der Waals surface area contributed by atoms with E-state index in [1.54, 1.807) is 0 Å². The van der Waals surface area contributed by atoms with Gasteiger partial charge in [-0.05, 0) is 19.3 Å². The number of carboxylic acids is 1. The van der Waals surface area contributed by atoms with Crippen molar-refractivity contribution >= 4 is 5.97 Å². The van der Waals surface area contributed by atoms with Crippen LogP contribution in [0.4, 0.5) is 0 Å². The molecule has 0 saturated carbocycles. The Morgan fingerprint density at radius 1 is 1.57 bits per heavy atom. The van der Waals surface area contributed by atoms with E-state index in [1.807, 2.05) is 6.92 Å². The monoisotopic (exact) mass is 201 g/mol. The molecule has 1 aliphatic heterocycles. The molecule has 0 spiro atoms. The van der Waals surface area contributed by atoms with Crippen LogP contribution in [0.5, 0.6) is 0 Å². The molecule has 0 unspecified atom stereocenters. The lowest BCUT2D eigenvalue weighted by Gasteiger charge is -2.38. The predicted octanol–water partition coefficient (Wildman–Crippen LogP) is 0.820. The van der Waals surface area contributed by atoms with Crippen LogP contribution in [0.2, 0.25) is 0 Å². The Balaban J connectivity index is 1.91. The van der Waals surface area contributed by atoms with Crippen molar-refractivity contribution in [3.63, 3.8) is 0 Å². The fourth-order valence-corrected chi connectivity index (χ4v) is 1.77. The number of likely N-dealkylation sites (tertiary alicyclic amines) is 1. The Bertz CT molecular complexity index is 178. The van der Waals surface area contributed by atoms with E-state index in [1.165, 1.54) is 0 Å². The van der Waals surface area contributed by atoms with Gasteiger partial charge in [0.15, 0.2) is 0 Å². The van der Waals surface area contributed by atoms with Gasteiger partial charge in [0.1, 0.15) is 0 Å². The molecule has 14 heavy (non-hydrogen) atoms. The first-order chi connectivity index (χ1) is 6.72. The molecular formula is C10H19NO3. The van der Waals surface area contributed by atoms with Crippen molar-refractivity contribution in [2.75, 3.05) is 32.8 Å². The van der Waals surface area contributed by atoms with Crippen LogP contribution in [0.3, 0.4) is 0 Å². The van der Waals surface area contributed by atoms with E-state index in [9.17, 15) is 4.79 Å². The number of nitrogens with zero attached hydrogens (tertiary/aromatic N) is 1. The Kier molecular flexibility index (Phi) is 4.90. The van der Waals surface area contributed by atoms with Crippen molar-refractivity contribution in [1.82, 2.24) is 4.90 Å². The van der Waals surface area contributed by atoms with E-state index < -0.39 is 5.97 Å². The number of aliphatic carboxylic acids is 1. The SMILES string of the molecule is CCOCCCN1CC(CC(=O)O)C1. The van der Waals surface area contributed by atoms with Gasteiger partial charge < -0.3 is 14.7 Å². The quantitative estimate of drug-likeness (QED) is 0.619. The highest BCUT2D eigenvalue weighted by Crippen LogP contribution is 2.18. The van der Waals surface area contributed by atoms with Gasteiger partial charge in [0.05, 0.1) is 6.42 Å². The zero-order valence-electron chi connectivity index (χ0n) is 8.74. The van der Waals surface area contributed by atoms with Crippen LogP contribution < -0.4 is 0 Å². The highest BCUT2D eigenvalue weighted by molar-refractivity contribution is 5.67. The topological polar surface area (TPSA) is 49.8 Å². The van der Waals surface area contributed by atoms with Crippen LogP contribution in [0, 0.1) is 5.92 Å². The number of hydrogen-bond donors (Lipinski definition) is 1. The van der Waals surface area contributed by atoms with Gasteiger partial charge in [0, 0.05) is 32.8 Å². The Hall–Kier alpha value is -0.610. The van der Waals surface area contributed by atoms with Gasteiger partial charge in [0.2, 0.25) is 0 Å². The van der Waals surface area contributed by atoms with Crippen molar-refractivity contribution in [2.45, 2.75) is 19.8 Å². The average Bonchev–Trinajstić information content (AvgIpc) is 2.06. The predicted molar refractivity (Wildman–Crippen MR) is 53.3 cm³/mol. The summed E-state index contributed by atoms with van der Waals surface area (Å²) in [6, 6.07) is 0. The van der Waals surface area contributed by atoms with Crippen LogP contribution in [-0.2, 0) is 9.53 Å². The molecule has 1 aliphatic rings. The number of rotatable bonds is 7. The summed E-state index contributed by atoms with van der Waals surface area (Å²) < 4.78 is 5.22. The molecule has 1 heterocycles. The van der Waals surface area contributed by atoms with Gasteiger partial charge >= 0.3 is 5.97 Å². The lowest BCUT2D eigenvalue weighted by atomic mass is 9.96. The highest BCUT2D eigenvalue weighted by Gasteiger charge is 2.27. The summed E-state index contributed by atoms with van der Waals surface area (Å²) in [5, 5.41) is 8.54. The Labute approximate surface area is 84.8 Å². The van der Waals surface area contributed by atoms with Crippen LogP contribution in [0.25, 0.3) is 0 Å². The molecule has 1 rings (SSSR count). The fourth-order valence-electron chi connectivity index (χ4n) is 1.77. The molecule has 0 atom stereocenters.